The highest BCUT2D eigenvalue weighted by molar-refractivity contribution is 7.80. The smallest absolute Gasteiger partial charge is 0.338 e. The maximum absolute atomic E-state index is 11.9. The number of anilines is 1. The number of carbonyl (C=O) groups excluding carboxylic acids is 1. The van der Waals surface area contributed by atoms with Crippen molar-refractivity contribution < 1.29 is 19.0 Å². The van der Waals surface area contributed by atoms with Gasteiger partial charge in [-0.15, -0.1) is 0 Å². The number of ether oxygens (including phenoxy) is 3. The van der Waals surface area contributed by atoms with Crippen LogP contribution in [0.25, 0.3) is 0 Å². The standard InChI is InChI=1S/C22H28N2O4S/c1-5-26-19-11-9-16(12-20(19)27-6-2)14-23-22(29)24-18-13-17(10-8-15(18)4)21(25)28-7-3/h8-13H,5-7,14H2,1-4H3,(H2,23,24,29). The van der Waals surface area contributed by atoms with Crippen molar-refractivity contribution in [2.75, 3.05) is 25.1 Å². The maximum Gasteiger partial charge on any atom is 0.338 e. The molecule has 2 aromatic carbocycles. The first-order valence-corrected chi connectivity index (χ1v) is 10.1. The van der Waals surface area contributed by atoms with Crippen molar-refractivity contribution in [2.24, 2.45) is 0 Å². The van der Waals surface area contributed by atoms with E-state index in [4.69, 9.17) is 26.4 Å². The van der Waals surface area contributed by atoms with E-state index in [0.29, 0.717) is 42.8 Å². The second-order valence-corrected chi connectivity index (χ2v) is 6.61. The van der Waals surface area contributed by atoms with Gasteiger partial charge in [-0.05, 0) is 75.3 Å². The number of benzene rings is 2. The summed E-state index contributed by atoms with van der Waals surface area (Å²) < 4.78 is 16.3. The Morgan fingerprint density at radius 2 is 1.69 bits per heavy atom. The van der Waals surface area contributed by atoms with Crippen LogP contribution in [-0.4, -0.2) is 30.9 Å². The van der Waals surface area contributed by atoms with Crippen molar-refractivity contribution in [3.8, 4) is 11.5 Å². The molecule has 0 spiro atoms. The van der Waals surface area contributed by atoms with Gasteiger partial charge in [-0.2, -0.15) is 0 Å². The van der Waals surface area contributed by atoms with Gasteiger partial charge >= 0.3 is 5.97 Å². The molecule has 0 aliphatic heterocycles. The van der Waals surface area contributed by atoms with Gasteiger partial charge in [-0.3, -0.25) is 0 Å². The van der Waals surface area contributed by atoms with E-state index in [2.05, 4.69) is 10.6 Å². The minimum atomic E-state index is -0.354. The Labute approximate surface area is 177 Å². The van der Waals surface area contributed by atoms with Crippen LogP contribution in [0.2, 0.25) is 0 Å². The molecule has 0 bridgehead atoms. The molecular formula is C22H28N2O4S. The lowest BCUT2D eigenvalue weighted by Gasteiger charge is -2.15. The molecule has 0 atom stereocenters. The Bertz CT molecular complexity index is 855. The van der Waals surface area contributed by atoms with Gasteiger partial charge in [-0.1, -0.05) is 12.1 Å². The predicted molar refractivity (Wildman–Crippen MR) is 119 cm³/mol. The fourth-order valence-electron chi connectivity index (χ4n) is 2.65. The minimum Gasteiger partial charge on any atom is -0.490 e. The summed E-state index contributed by atoms with van der Waals surface area (Å²) in [6.07, 6.45) is 0. The van der Waals surface area contributed by atoms with E-state index in [9.17, 15) is 4.79 Å². The van der Waals surface area contributed by atoms with Crippen molar-refractivity contribution >= 4 is 29.0 Å². The van der Waals surface area contributed by atoms with E-state index in [1.54, 1.807) is 19.1 Å². The summed E-state index contributed by atoms with van der Waals surface area (Å²) in [7, 11) is 0. The topological polar surface area (TPSA) is 68.8 Å². The molecule has 156 valence electrons. The molecule has 0 unspecified atom stereocenters. The van der Waals surface area contributed by atoms with Gasteiger partial charge in [0.05, 0.1) is 25.4 Å². The van der Waals surface area contributed by atoms with E-state index in [-0.39, 0.29) is 5.97 Å². The van der Waals surface area contributed by atoms with Crippen LogP contribution in [0, 0.1) is 6.92 Å². The summed E-state index contributed by atoms with van der Waals surface area (Å²) in [6, 6.07) is 11.1. The molecule has 0 radical (unpaired) electrons. The maximum atomic E-state index is 11.9. The van der Waals surface area contributed by atoms with E-state index in [0.717, 1.165) is 22.6 Å². The first-order chi connectivity index (χ1) is 14.0. The molecule has 0 saturated carbocycles. The molecule has 6 nitrogen and oxygen atoms in total. The zero-order valence-electron chi connectivity index (χ0n) is 17.3. The third-order valence-corrected chi connectivity index (χ3v) is 4.30. The Kier molecular flexibility index (Phi) is 8.73. The molecule has 0 amide bonds. The fraction of sp³-hybridized carbons (Fsp3) is 0.364. The lowest BCUT2D eigenvalue weighted by molar-refractivity contribution is 0.0526. The number of thiocarbonyl (C=S) groups is 1. The summed E-state index contributed by atoms with van der Waals surface area (Å²) in [6.45, 7) is 9.60. The van der Waals surface area contributed by atoms with Gasteiger partial charge in [0.15, 0.2) is 16.6 Å². The normalized spacial score (nSPS) is 10.2. The average Bonchev–Trinajstić information content (AvgIpc) is 2.70. The molecule has 29 heavy (non-hydrogen) atoms. The Morgan fingerprint density at radius 3 is 2.38 bits per heavy atom. The molecule has 2 rings (SSSR count). The average molecular weight is 417 g/mol. The summed E-state index contributed by atoms with van der Waals surface area (Å²) in [4.78, 5) is 11.9. The van der Waals surface area contributed by atoms with Gasteiger partial charge in [-0.25, -0.2) is 4.79 Å². The third-order valence-electron chi connectivity index (χ3n) is 4.06. The van der Waals surface area contributed by atoms with Crippen molar-refractivity contribution in [3.63, 3.8) is 0 Å². The van der Waals surface area contributed by atoms with Gasteiger partial charge in [0.2, 0.25) is 0 Å². The van der Waals surface area contributed by atoms with Gasteiger partial charge < -0.3 is 24.8 Å². The second-order valence-electron chi connectivity index (χ2n) is 6.20. The number of aryl methyl sites for hydroxylation is 1. The lowest BCUT2D eigenvalue weighted by Crippen LogP contribution is -2.28. The summed E-state index contributed by atoms with van der Waals surface area (Å²) in [5.41, 5.74) is 3.23. The van der Waals surface area contributed by atoms with Crippen LogP contribution < -0.4 is 20.1 Å². The lowest BCUT2D eigenvalue weighted by atomic mass is 10.1. The highest BCUT2D eigenvalue weighted by atomic mass is 32.1. The third kappa shape index (κ3) is 6.64. The van der Waals surface area contributed by atoms with Crippen LogP contribution >= 0.6 is 12.2 Å². The molecule has 0 aliphatic rings. The van der Waals surface area contributed by atoms with Crippen molar-refractivity contribution in [3.05, 3.63) is 53.1 Å². The van der Waals surface area contributed by atoms with Crippen LogP contribution in [0.15, 0.2) is 36.4 Å². The Morgan fingerprint density at radius 1 is 0.966 bits per heavy atom. The Hall–Kier alpha value is -2.80. The fourth-order valence-corrected chi connectivity index (χ4v) is 2.83. The summed E-state index contributed by atoms with van der Waals surface area (Å²) in [5.74, 6) is 1.09. The first kappa shape index (κ1) is 22.5. The Balaban J connectivity index is 2.02. The predicted octanol–water partition coefficient (Wildman–Crippen LogP) is 4.46. The largest absolute Gasteiger partial charge is 0.490 e. The first-order valence-electron chi connectivity index (χ1n) is 9.69. The molecule has 2 aromatic rings. The molecule has 2 N–H and O–H groups in total. The van der Waals surface area contributed by atoms with Crippen LogP contribution in [0.1, 0.15) is 42.3 Å². The van der Waals surface area contributed by atoms with Crippen LogP contribution in [0.4, 0.5) is 5.69 Å². The van der Waals surface area contributed by atoms with Crippen molar-refractivity contribution in [1.82, 2.24) is 5.32 Å². The highest BCUT2D eigenvalue weighted by Gasteiger charge is 2.10. The monoisotopic (exact) mass is 416 g/mol. The molecule has 0 aliphatic carbocycles. The quantitative estimate of drug-likeness (QED) is 0.462. The SMILES string of the molecule is CCOC(=O)c1ccc(C)c(NC(=S)NCc2ccc(OCC)c(OCC)c2)c1. The summed E-state index contributed by atoms with van der Waals surface area (Å²) >= 11 is 5.41. The summed E-state index contributed by atoms with van der Waals surface area (Å²) in [5, 5.41) is 6.78. The zero-order valence-corrected chi connectivity index (χ0v) is 18.2. The van der Waals surface area contributed by atoms with E-state index in [1.165, 1.54) is 0 Å². The second kappa shape index (κ2) is 11.3. The number of hydrogen-bond donors (Lipinski definition) is 2. The van der Waals surface area contributed by atoms with Crippen LogP contribution in [0.3, 0.4) is 0 Å². The van der Waals surface area contributed by atoms with Crippen LogP contribution in [0.5, 0.6) is 11.5 Å². The zero-order chi connectivity index (χ0) is 21.2. The van der Waals surface area contributed by atoms with Gasteiger partial charge in [0, 0.05) is 12.2 Å². The molecule has 0 saturated heterocycles. The highest BCUT2D eigenvalue weighted by Crippen LogP contribution is 2.28. The van der Waals surface area contributed by atoms with Gasteiger partial charge in [0.1, 0.15) is 0 Å². The number of rotatable bonds is 9. The molecule has 0 fully saturated rings. The molecular weight excluding hydrogens is 388 g/mol. The van der Waals surface area contributed by atoms with Crippen molar-refractivity contribution in [1.29, 1.82) is 0 Å². The van der Waals surface area contributed by atoms with Crippen LogP contribution in [-0.2, 0) is 11.3 Å². The molecule has 7 heteroatoms. The number of hydrogen-bond acceptors (Lipinski definition) is 5. The number of esters is 1. The number of nitrogens with one attached hydrogen (secondary N) is 2. The number of carbonyl (C=O) groups is 1. The minimum absolute atomic E-state index is 0.335. The van der Waals surface area contributed by atoms with Gasteiger partial charge in [0.25, 0.3) is 0 Å². The molecule has 0 heterocycles. The molecule has 0 aromatic heterocycles. The van der Waals surface area contributed by atoms with E-state index < -0.39 is 0 Å². The van der Waals surface area contributed by atoms with E-state index >= 15 is 0 Å². The van der Waals surface area contributed by atoms with Crippen molar-refractivity contribution in [2.45, 2.75) is 34.2 Å². The van der Waals surface area contributed by atoms with E-state index in [1.807, 2.05) is 45.0 Å².